The summed E-state index contributed by atoms with van der Waals surface area (Å²) in [6.07, 6.45) is 3.10. The molecule has 4 heterocycles. The molecule has 1 atom stereocenters. The van der Waals surface area contributed by atoms with E-state index < -0.39 is 5.60 Å². The number of hydrogen-bond donors (Lipinski definition) is 0. The van der Waals surface area contributed by atoms with E-state index in [1.807, 2.05) is 24.8 Å². The second kappa shape index (κ2) is 6.30. The first-order chi connectivity index (χ1) is 13.4. The van der Waals surface area contributed by atoms with Crippen LogP contribution in [0.5, 0.6) is 0 Å². The van der Waals surface area contributed by atoms with Crippen molar-refractivity contribution in [3.05, 3.63) is 33.8 Å². The topological polar surface area (TPSA) is 87.2 Å². The monoisotopic (exact) mass is 386 g/mol. The molecule has 2 aromatic heterocycles. The third-order valence-electron chi connectivity index (χ3n) is 6.14. The highest BCUT2D eigenvalue weighted by Gasteiger charge is 2.45. The van der Waals surface area contributed by atoms with Gasteiger partial charge in [-0.1, -0.05) is 0 Å². The van der Waals surface area contributed by atoms with Gasteiger partial charge in [0.2, 0.25) is 5.91 Å². The fourth-order valence-electron chi connectivity index (χ4n) is 4.33. The molecule has 0 N–H and O–H groups in total. The maximum Gasteiger partial charge on any atom is 0.346 e. The minimum absolute atomic E-state index is 0.0363. The van der Waals surface area contributed by atoms with E-state index in [0.717, 1.165) is 17.8 Å². The molecule has 150 valence electrons. The van der Waals surface area contributed by atoms with Crippen molar-refractivity contribution in [1.82, 2.24) is 29.0 Å². The third kappa shape index (κ3) is 3.07. The second-order valence-corrected chi connectivity index (χ2v) is 8.53. The van der Waals surface area contributed by atoms with Gasteiger partial charge in [0.25, 0.3) is 0 Å². The second-order valence-electron chi connectivity index (χ2n) is 8.53. The molecule has 0 aromatic carbocycles. The highest BCUT2D eigenvalue weighted by Crippen LogP contribution is 2.32. The molecule has 1 saturated carbocycles. The van der Waals surface area contributed by atoms with E-state index in [4.69, 9.17) is 4.74 Å². The Morgan fingerprint density at radius 2 is 2.07 bits per heavy atom. The molecule has 2 aromatic rings. The van der Waals surface area contributed by atoms with E-state index >= 15 is 0 Å². The zero-order valence-corrected chi connectivity index (χ0v) is 16.4. The van der Waals surface area contributed by atoms with E-state index in [-0.39, 0.29) is 18.1 Å². The van der Waals surface area contributed by atoms with Gasteiger partial charge >= 0.3 is 5.69 Å². The zero-order chi connectivity index (χ0) is 19.5. The Kier molecular flexibility index (Phi) is 3.97. The smallest absolute Gasteiger partial charge is 0.346 e. The number of aromatic nitrogens is 5. The average Bonchev–Trinajstić information content (AvgIpc) is 3.19. The summed E-state index contributed by atoms with van der Waals surface area (Å²) in [6, 6.07) is 1.97. The largest absolute Gasteiger partial charge is 0.363 e. The van der Waals surface area contributed by atoms with Crippen molar-refractivity contribution in [2.75, 3.05) is 13.1 Å². The summed E-state index contributed by atoms with van der Waals surface area (Å²) < 4.78 is 11.2. The fraction of sp³-hybridized carbons (Fsp3) is 0.684. The lowest BCUT2D eigenvalue weighted by Crippen LogP contribution is -2.47. The third-order valence-corrected chi connectivity index (χ3v) is 6.14. The number of carbonyl (C=O) groups excluding carboxylic acids is 1. The average molecular weight is 386 g/mol. The molecule has 9 nitrogen and oxygen atoms in total. The van der Waals surface area contributed by atoms with Crippen LogP contribution in [0, 0.1) is 19.8 Å². The lowest BCUT2D eigenvalue weighted by molar-refractivity contribution is -0.134. The molecule has 3 aliphatic rings. The minimum atomic E-state index is -0.491. The molecule has 2 aliphatic heterocycles. The summed E-state index contributed by atoms with van der Waals surface area (Å²) in [5, 5.41) is 8.84. The Labute approximate surface area is 162 Å². The van der Waals surface area contributed by atoms with Gasteiger partial charge in [0.05, 0.1) is 18.8 Å². The first kappa shape index (κ1) is 17.7. The number of rotatable bonds is 4. The van der Waals surface area contributed by atoms with Crippen molar-refractivity contribution in [3.63, 3.8) is 0 Å². The van der Waals surface area contributed by atoms with Gasteiger partial charge in [0, 0.05) is 18.8 Å². The van der Waals surface area contributed by atoms with E-state index in [0.29, 0.717) is 44.5 Å². The van der Waals surface area contributed by atoms with Crippen LogP contribution < -0.4 is 5.69 Å². The van der Waals surface area contributed by atoms with Crippen molar-refractivity contribution in [2.24, 2.45) is 5.92 Å². The highest BCUT2D eigenvalue weighted by molar-refractivity contribution is 5.76. The molecule has 1 spiro atoms. The van der Waals surface area contributed by atoms with Crippen molar-refractivity contribution >= 4 is 5.91 Å². The maximum absolute atomic E-state index is 12.8. The van der Waals surface area contributed by atoms with Gasteiger partial charge < -0.3 is 9.64 Å². The SMILES string of the molecule is Cc1cc(C)n(CC(=O)N2CCC3(C2)Cn2c(nn(CC4CC4)c2=O)CO3)n1. The molecule has 1 amide bonds. The van der Waals surface area contributed by atoms with Gasteiger partial charge in [0.1, 0.15) is 18.8 Å². The van der Waals surface area contributed by atoms with E-state index in [9.17, 15) is 9.59 Å². The number of amides is 1. The van der Waals surface area contributed by atoms with Crippen molar-refractivity contribution in [3.8, 4) is 0 Å². The molecule has 5 rings (SSSR count). The molecule has 0 radical (unpaired) electrons. The first-order valence-corrected chi connectivity index (χ1v) is 10.0. The van der Waals surface area contributed by atoms with Gasteiger partial charge in [-0.2, -0.15) is 10.2 Å². The quantitative estimate of drug-likeness (QED) is 0.762. The normalized spacial score (nSPS) is 24.1. The molecular formula is C19H26N6O3. The van der Waals surface area contributed by atoms with Crippen molar-refractivity contribution in [1.29, 1.82) is 0 Å². The van der Waals surface area contributed by atoms with Crippen LogP contribution in [-0.2, 0) is 35.8 Å². The lowest BCUT2D eigenvalue weighted by atomic mass is 10.0. The van der Waals surface area contributed by atoms with Crippen LogP contribution in [0.2, 0.25) is 0 Å². The molecule has 1 unspecified atom stereocenters. The number of carbonyl (C=O) groups is 1. The van der Waals surface area contributed by atoms with Gasteiger partial charge in [-0.3, -0.25) is 14.0 Å². The Bertz CT molecular complexity index is 984. The number of hydrogen-bond acceptors (Lipinski definition) is 5. The van der Waals surface area contributed by atoms with Gasteiger partial charge in [0.15, 0.2) is 5.82 Å². The molecule has 1 saturated heterocycles. The molecule has 2 fully saturated rings. The van der Waals surface area contributed by atoms with Crippen LogP contribution in [-0.4, -0.2) is 53.6 Å². The molecule has 0 bridgehead atoms. The molecule has 1 aliphatic carbocycles. The van der Waals surface area contributed by atoms with Crippen LogP contribution in [0.3, 0.4) is 0 Å². The number of nitrogens with zero attached hydrogens (tertiary/aromatic N) is 6. The predicted octanol–water partition coefficient (Wildman–Crippen LogP) is 0.470. The number of likely N-dealkylation sites (tertiary alicyclic amines) is 1. The van der Waals surface area contributed by atoms with Gasteiger partial charge in [-0.15, -0.1) is 0 Å². The van der Waals surface area contributed by atoms with Gasteiger partial charge in [-0.05, 0) is 45.1 Å². The number of fused-ring (bicyclic) bond motifs is 1. The Balaban J connectivity index is 1.29. The molecular weight excluding hydrogens is 360 g/mol. The zero-order valence-electron chi connectivity index (χ0n) is 16.4. The Hall–Kier alpha value is -2.42. The van der Waals surface area contributed by atoms with Crippen LogP contribution in [0.15, 0.2) is 10.9 Å². The van der Waals surface area contributed by atoms with E-state index in [1.54, 1.807) is 13.9 Å². The number of aryl methyl sites for hydroxylation is 2. The summed E-state index contributed by atoms with van der Waals surface area (Å²) in [6.45, 7) is 6.76. The van der Waals surface area contributed by atoms with Crippen LogP contribution in [0.4, 0.5) is 0 Å². The predicted molar refractivity (Wildman–Crippen MR) is 99.6 cm³/mol. The standard InChI is InChI=1S/C19H26N6O3/c1-13-7-14(2)24(20-13)9-17(26)22-6-5-19(11-22)12-23-16(10-28-19)21-25(18(23)27)8-15-3-4-15/h7,15H,3-6,8-12H2,1-2H3. The molecule has 9 heteroatoms. The maximum atomic E-state index is 12.8. The summed E-state index contributed by atoms with van der Waals surface area (Å²) in [4.78, 5) is 27.3. The fourth-order valence-corrected chi connectivity index (χ4v) is 4.33. The van der Waals surface area contributed by atoms with Gasteiger partial charge in [-0.25, -0.2) is 9.48 Å². The van der Waals surface area contributed by atoms with Crippen molar-refractivity contribution in [2.45, 2.75) is 65.0 Å². The highest BCUT2D eigenvalue weighted by atomic mass is 16.5. The summed E-state index contributed by atoms with van der Waals surface area (Å²) in [5.74, 6) is 1.33. The summed E-state index contributed by atoms with van der Waals surface area (Å²) >= 11 is 0. The van der Waals surface area contributed by atoms with E-state index in [2.05, 4.69) is 10.2 Å². The first-order valence-electron chi connectivity index (χ1n) is 10.0. The Morgan fingerprint density at radius 1 is 1.25 bits per heavy atom. The van der Waals surface area contributed by atoms with Crippen LogP contribution in [0.1, 0.15) is 36.5 Å². The molecule has 28 heavy (non-hydrogen) atoms. The minimum Gasteiger partial charge on any atom is -0.363 e. The lowest BCUT2D eigenvalue weighted by Gasteiger charge is -2.33. The summed E-state index contributed by atoms with van der Waals surface area (Å²) in [5.41, 5.74) is 1.36. The van der Waals surface area contributed by atoms with E-state index in [1.165, 1.54) is 12.8 Å². The van der Waals surface area contributed by atoms with Crippen molar-refractivity contribution < 1.29 is 9.53 Å². The summed E-state index contributed by atoms with van der Waals surface area (Å²) in [7, 11) is 0. The number of ether oxygens (including phenoxy) is 1. The van der Waals surface area contributed by atoms with Crippen LogP contribution in [0.25, 0.3) is 0 Å². The Morgan fingerprint density at radius 3 is 2.79 bits per heavy atom. The van der Waals surface area contributed by atoms with Crippen LogP contribution >= 0.6 is 0 Å².